The minimum absolute atomic E-state index is 0.0773. The molecule has 1 aliphatic heterocycles. The molecule has 0 aromatic heterocycles. The molecule has 0 radical (unpaired) electrons. The highest BCUT2D eigenvalue weighted by molar-refractivity contribution is 14.1. The molecule has 0 aliphatic carbocycles. The van der Waals surface area contributed by atoms with E-state index in [-0.39, 0.29) is 6.04 Å². The number of anilines is 1. The standard InChI is InChI=1S/C18H16ClIN2O/c1-12-18(23,14-3-5-15(20)6-4-14)8-9-22(12)16-7-2-13(11-21)17(19)10-16/h2-7,10,12,23H,8-9H2,1H3/t12-,18-/m0/s1. The summed E-state index contributed by atoms with van der Waals surface area (Å²) in [7, 11) is 0. The monoisotopic (exact) mass is 438 g/mol. The van der Waals surface area contributed by atoms with Gasteiger partial charge in [-0.15, -0.1) is 0 Å². The van der Waals surface area contributed by atoms with E-state index in [4.69, 9.17) is 16.9 Å². The molecule has 118 valence electrons. The molecule has 0 bridgehead atoms. The minimum atomic E-state index is -0.884. The third-order valence-electron chi connectivity index (χ3n) is 4.64. The Balaban J connectivity index is 1.92. The van der Waals surface area contributed by atoms with Crippen LogP contribution in [0.25, 0.3) is 0 Å². The Bertz CT molecular complexity index is 772. The van der Waals surface area contributed by atoms with Crippen molar-refractivity contribution in [1.82, 2.24) is 0 Å². The first-order chi connectivity index (χ1) is 11.0. The van der Waals surface area contributed by atoms with Gasteiger partial charge in [0.1, 0.15) is 11.7 Å². The lowest BCUT2D eigenvalue weighted by Crippen LogP contribution is -2.40. The number of aliphatic hydroxyl groups is 1. The molecule has 3 nitrogen and oxygen atoms in total. The fourth-order valence-corrected chi connectivity index (χ4v) is 3.78. The molecule has 1 N–H and O–H groups in total. The van der Waals surface area contributed by atoms with Gasteiger partial charge in [0, 0.05) is 15.8 Å². The van der Waals surface area contributed by atoms with Gasteiger partial charge in [-0.25, -0.2) is 0 Å². The molecule has 0 spiro atoms. The number of halogens is 2. The summed E-state index contributed by atoms with van der Waals surface area (Å²) in [6, 6.07) is 15.4. The van der Waals surface area contributed by atoms with E-state index in [0.29, 0.717) is 17.0 Å². The number of nitriles is 1. The summed E-state index contributed by atoms with van der Waals surface area (Å²) in [4.78, 5) is 2.14. The maximum absolute atomic E-state index is 11.2. The third-order valence-corrected chi connectivity index (χ3v) is 5.67. The van der Waals surface area contributed by atoms with Crippen LogP contribution in [0.15, 0.2) is 42.5 Å². The molecule has 2 atom stereocenters. The molecule has 0 saturated carbocycles. The molecule has 2 aromatic carbocycles. The van der Waals surface area contributed by atoms with E-state index in [1.165, 1.54) is 0 Å². The van der Waals surface area contributed by atoms with Crippen LogP contribution in [0.4, 0.5) is 5.69 Å². The van der Waals surface area contributed by atoms with Crippen LogP contribution >= 0.6 is 34.2 Å². The quantitative estimate of drug-likeness (QED) is 0.711. The van der Waals surface area contributed by atoms with Crippen LogP contribution in [-0.4, -0.2) is 17.7 Å². The van der Waals surface area contributed by atoms with Gasteiger partial charge in [0.15, 0.2) is 0 Å². The summed E-state index contributed by atoms with van der Waals surface area (Å²) in [5.41, 5.74) is 1.45. The second-order valence-electron chi connectivity index (χ2n) is 5.83. The number of benzene rings is 2. The van der Waals surface area contributed by atoms with Crippen LogP contribution in [0.1, 0.15) is 24.5 Å². The van der Waals surface area contributed by atoms with Crippen molar-refractivity contribution < 1.29 is 5.11 Å². The molecule has 1 heterocycles. The minimum Gasteiger partial charge on any atom is -0.383 e. The van der Waals surface area contributed by atoms with Crippen molar-refractivity contribution in [3.8, 4) is 6.07 Å². The maximum Gasteiger partial charge on any atom is 0.111 e. The number of hydrogen-bond acceptors (Lipinski definition) is 3. The van der Waals surface area contributed by atoms with E-state index < -0.39 is 5.60 Å². The molecule has 5 heteroatoms. The van der Waals surface area contributed by atoms with Gasteiger partial charge in [-0.05, 0) is 71.8 Å². The summed E-state index contributed by atoms with van der Waals surface area (Å²) < 4.78 is 1.15. The van der Waals surface area contributed by atoms with Gasteiger partial charge in [0.2, 0.25) is 0 Å². The summed E-state index contributed by atoms with van der Waals surface area (Å²) in [6.07, 6.45) is 0.659. The van der Waals surface area contributed by atoms with E-state index in [1.807, 2.05) is 37.3 Å². The summed E-state index contributed by atoms with van der Waals surface area (Å²) in [5, 5.41) is 20.6. The van der Waals surface area contributed by atoms with E-state index in [0.717, 1.165) is 21.4 Å². The lowest BCUT2D eigenvalue weighted by atomic mass is 9.87. The van der Waals surface area contributed by atoms with Crippen LogP contribution in [0.5, 0.6) is 0 Å². The molecule has 0 amide bonds. The van der Waals surface area contributed by atoms with Gasteiger partial charge in [-0.2, -0.15) is 5.26 Å². The summed E-state index contributed by atoms with van der Waals surface area (Å²) in [5.74, 6) is 0. The fraction of sp³-hybridized carbons (Fsp3) is 0.278. The zero-order valence-electron chi connectivity index (χ0n) is 12.6. The Labute approximate surface area is 154 Å². The maximum atomic E-state index is 11.2. The van der Waals surface area contributed by atoms with E-state index in [9.17, 15) is 5.11 Å². The number of nitrogens with zero attached hydrogens (tertiary/aromatic N) is 2. The largest absolute Gasteiger partial charge is 0.383 e. The molecule has 1 saturated heterocycles. The molecule has 0 unspecified atom stereocenters. The molecule has 3 rings (SSSR count). The first-order valence-corrected chi connectivity index (χ1v) is 8.86. The Morgan fingerprint density at radius 3 is 2.61 bits per heavy atom. The zero-order chi connectivity index (χ0) is 16.6. The van der Waals surface area contributed by atoms with Gasteiger partial charge in [-0.1, -0.05) is 23.7 Å². The Kier molecular flexibility index (Phi) is 4.54. The van der Waals surface area contributed by atoms with Gasteiger partial charge in [0.25, 0.3) is 0 Å². The third kappa shape index (κ3) is 2.93. The number of rotatable bonds is 2. The fourth-order valence-electron chi connectivity index (χ4n) is 3.20. The van der Waals surface area contributed by atoms with E-state index >= 15 is 0 Å². The van der Waals surface area contributed by atoms with Gasteiger partial charge in [-0.3, -0.25) is 0 Å². The molecule has 2 aromatic rings. The van der Waals surface area contributed by atoms with Crippen molar-refractivity contribution in [2.24, 2.45) is 0 Å². The lowest BCUT2D eigenvalue weighted by Gasteiger charge is -2.33. The zero-order valence-corrected chi connectivity index (χ0v) is 15.5. The molecular weight excluding hydrogens is 423 g/mol. The second kappa shape index (κ2) is 6.31. The Morgan fingerprint density at radius 1 is 1.30 bits per heavy atom. The van der Waals surface area contributed by atoms with Crippen molar-refractivity contribution in [2.45, 2.75) is 25.0 Å². The summed E-state index contributed by atoms with van der Waals surface area (Å²) >= 11 is 8.41. The van der Waals surface area contributed by atoms with Crippen LogP contribution in [0.3, 0.4) is 0 Å². The van der Waals surface area contributed by atoms with E-state index in [1.54, 1.807) is 12.1 Å². The normalized spacial score (nSPS) is 23.8. The topological polar surface area (TPSA) is 47.3 Å². The highest BCUT2D eigenvalue weighted by atomic mass is 127. The Hall–Kier alpha value is -1.29. The highest BCUT2D eigenvalue weighted by Crippen LogP contribution is 2.40. The first-order valence-electron chi connectivity index (χ1n) is 7.40. The van der Waals surface area contributed by atoms with Gasteiger partial charge >= 0.3 is 0 Å². The van der Waals surface area contributed by atoms with Gasteiger partial charge < -0.3 is 10.0 Å². The molecular formula is C18H16ClIN2O. The highest BCUT2D eigenvalue weighted by Gasteiger charge is 2.44. The predicted octanol–water partition coefficient (Wildman–Crippen LogP) is 4.30. The first kappa shape index (κ1) is 16.6. The van der Waals surface area contributed by atoms with Crippen LogP contribution in [0.2, 0.25) is 5.02 Å². The van der Waals surface area contributed by atoms with Crippen LogP contribution < -0.4 is 4.90 Å². The van der Waals surface area contributed by atoms with Crippen molar-refractivity contribution in [2.75, 3.05) is 11.4 Å². The van der Waals surface area contributed by atoms with Crippen molar-refractivity contribution in [3.05, 3.63) is 62.2 Å². The van der Waals surface area contributed by atoms with Crippen molar-refractivity contribution in [1.29, 1.82) is 5.26 Å². The SMILES string of the molecule is C[C@@H]1N(c2ccc(C#N)c(Cl)c2)CC[C@@]1(O)c1ccc(I)cc1. The smallest absolute Gasteiger partial charge is 0.111 e. The molecule has 1 fully saturated rings. The second-order valence-corrected chi connectivity index (χ2v) is 7.48. The molecule has 1 aliphatic rings. The van der Waals surface area contributed by atoms with Gasteiger partial charge in [0.05, 0.1) is 16.6 Å². The van der Waals surface area contributed by atoms with Crippen molar-refractivity contribution >= 4 is 39.9 Å². The van der Waals surface area contributed by atoms with Crippen molar-refractivity contribution in [3.63, 3.8) is 0 Å². The Morgan fingerprint density at radius 2 is 2.00 bits per heavy atom. The lowest BCUT2D eigenvalue weighted by molar-refractivity contribution is 0.0330. The average Bonchev–Trinajstić information content (AvgIpc) is 2.85. The molecule has 23 heavy (non-hydrogen) atoms. The number of hydrogen-bond donors (Lipinski definition) is 1. The van der Waals surface area contributed by atoms with Crippen LogP contribution in [-0.2, 0) is 5.60 Å². The predicted molar refractivity (Wildman–Crippen MR) is 101 cm³/mol. The average molecular weight is 439 g/mol. The summed E-state index contributed by atoms with van der Waals surface area (Å²) in [6.45, 7) is 2.77. The van der Waals surface area contributed by atoms with Crippen LogP contribution in [0, 0.1) is 14.9 Å². The van der Waals surface area contributed by atoms with E-state index in [2.05, 4.69) is 33.6 Å².